The first-order valence-corrected chi connectivity index (χ1v) is 6.09. The van der Waals surface area contributed by atoms with Gasteiger partial charge in [0.25, 0.3) is 0 Å². The van der Waals surface area contributed by atoms with Crippen molar-refractivity contribution >= 4 is 0 Å². The smallest absolute Gasteiger partial charge is 0.132 e. The second kappa shape index (κ2) is 5.96. The highest BCUT2D eigenvalue weighted by atomic mass is 19.1. The Bertz CT molecular complexity index is 594. The summed E-state index contributed by atoms with van der Waals surface area (Å²) in [5.41, 5.74) is 5.99. The van der Waals surface area contributed by atoms with Gasteiger partial charge in [-0.25, -0.2) is 13.2 Å². The number of nitrogens with two attached hydrogens (primary N) is 1. The fraction of sp³-hybridized carbons (Fsp3) is 0.200. The van der Waals surface area contributed by atoms with Gasteiger partial charge in [0.1, 0.15) is 29.8 Å². The summed E-state index contributed by atoms with van der Waals surface area (Å²) >= 11 is 0. The van der Waals surface area contributed by atoms with E-state index in [2.05, 4.69) is 0 Å². The van der Waals surface area contributed by atoms with Crippen LogP contribution in [-0.4, -0.2) is 0 Å². The van der Waals surface area contributed by atoms with Gasteiger partial charge in [-0.05, 0) is 37.3 Å². The molecule has 0 saturated heterocycles. The Labute approximate surface area is 115 Å². The predicted molar refractivity (Wildman–Crippen MR) is 69.7 cm³/mol. The topological polar surface area (TPSA) is 35.2 Å². The maximum Gasteiger partial charge on any atom is 0.132 e. The van der Waals surface area contributed by atoms with Crippen LogP contribution in [0.2, 0.25) is 0 Å². The van der Waals surface area contributed by atoms with Crippen molar-refractivity contribution in [3.8, 4) is 5.75 Å². The Morgan fingerprint density at radius 1 is 1.10 bits per heavy atom. The molecule has 2 aromatic carbocycles. The van der Waals surface area contributed by atoms with Gasteiger partial charge >= 0.3 is 0 Å². The molecule has 0 aliphatic carbocycles. The third-order valence-corrected chi connectivity index (χ3v) is 2.90. The minimum absolute atomic E-state index is 0.174. The van der Waals surface area contributed by atoms with Gasteiger partial charge in [0.05, 0.1) is 5.56 Å². The molecule has 0 aromatic heterocycles. The van der Waals surface area contributed by atoms with Crippen LogP contribution >= 0.6 is 0 Å². The van der Waals surface area contributed by atoms with Crippen LogP contribution in [0.1, 0.15) is 24.1 Å². The third kappa shape index (κ3) is 3.11. The zero-order valence-electron chi connectivity index (χ0n) is 10.9. The van der Waals surface area contributed by atoms with E-state index in [9.17, 15) is 13.2 Å². The van der Waals surface area contributed by atoms with E-state index >= 15 is 0 Å². The maximum atomic E-state index is 13.5. The van der Waals surface area contributed by atoms with Crippen LogP contribution in [0.15, 0.2) is 36.4 Å². The number of hydrogen-bond acceptors (Lipinski definition) is 2. The van der Waals surface area contributed by atoms with Crippen LogP contribution in [0, 0.1) is 17.5 Å². The molecule has 0 amide bonds. The van der Waals surface area contributed by atoms with E-state index < -0.39 is 23.5 Å². The molecule has 2 nitrogen and oxygen atoms in total. The average Bonchev–Trinajstić information content (AvgIpc) is 2.39. The average molecular weight is 281 g/mol. The van der Waals surface area contributed by atoms with Crippen molar-refractivity contribution in [1.29, 1.82) is 0 Å². The zero-order valence-corrected chi connectivity index (χ0v) is 10.9. The minimum Gasteiger partial charge on any atom is -0.488 e. The largest absolute Gasteiger partial charge is 0.488 e. The normalized spacial score (nSPS) is 12.2. The second-order valence-corrected chi connectivity index (χ2v) is 4.46. The third-order valence-electron chi connectivity index (χ3n) is 2.90. The molecular weight excluding hydrogens is 267 g/mol. The molecule has 0 aliphatic rings. The van der Waals surface area contributed by atoms with Crippen LogP contribution in [0.3, 0.4) is 0 Å². The van der Waals surface area contributed by atoms with E-state index in [4.69, 9.17) is 10.5 Å². The molecule has 0 fully saturated rings. The Kier molecular flexibility index (Phi) is 4.29. The van der Waals surface area contributed by atoms with Crippen molar-refractivity contribution in [2.45, 2.75) is 19.6 Å². The summed E-state index contributed by atoms with van der Waals surface area (Å²) in [6, 6.07) is 6.98. The summed E-state index contributed by atoms with van der Waals surface area (Å²) in [5.74, 6) is -1.50. The van der Waals surface area contributed by atoms with Crippen LogP contribution in [0.5, 0.6) is 5.75 Å². The number of ether oxygens (including phenoxy) is 1. The fourth-order valence-corrected chi connectivity index (χ4v) is 1.83. The molecule has 2 aromatic rings. The molecule has 2 rings (SSSR count). The van der Waals surface area contributed by atoms with Gasteiger partial charge < -0.3 is 10.5 Å². The van der Waals surface area contributed by atoms with Crippen molar-refractivity contribution in [1.82, 2.24) is 0 Å². The Morgan fingerprint density at radius 3 is 2.35 bits per heavy atom. The first kappa shape index (κ1) is 14.4. The quantitative estimate of drug-likeness (QED) is 0.927. The summed E-state index contributed by atoms with van der Waals surface area (Å²) < 4.78 is 45.5. The Balaban J connectivity index is 2.23. The van der Waals surface area contributed by atoms with Crippen molar-refractivity contribution < 1.29 is 17.9 Å². The lowest BCUT2D eigenvalue weighted by molar-refractivity contribution is 0.288. The molecule has 1 atom stereocenters. The Hall–Kier alpha value is -2.01. The molecule has 20 heavy (non-hydrogen) atoms. The molecule has 106 valence electrons. The summed E-state index contributed by atoms with van der Waals surface area (Å²) in [6.45, 7) is 1.38. The van der Waals surface area contributed by atoms with Gasteiger partial charge in [0.15, 0.2) is 0 Å². The van der Waals surface area contributed by atoms with Gasteiger partial charge in [0, 0.05) is 11.6 Å². The molecule has 0 aliphatic heterocycles. The first-order valence-electron chi connectivity index (χ1n) is 6.09. The molecule has 0 spiro atoms. The molecule has 0 bridgehead atoms. The number of hydrogen-bond donors (Lipinski definition) is 1. The Morgan fingerprint density at radius 2 is 1.75 bits per heavy atom. The molecule has 5 heteroatoms. The van der Waals surface area contributed by atoms with E-state index in [-0.39, 0.29) is 12.2 Å². The molecule has 0 saturated carbocycles. The second-order valence-electron chi connectivity index (χ2n) is 4.46. The standard InChI is InChI=1S/C15H14F3NO/c1-9(19)11-7-10(16)5-6-15(11)20-8-12-13(17)3-2-4-14(12)18/h2-7,9H,8,19H2,1H3. The van der Waals surface area contributed by atoms with E-state index in [0.717, 1.165) is 12.1 Å². The van der Waals surface area contributed by atoms with Crippen LogP contribution < -0.4 is 10.5 Å². The van der Waals surface area contributed by atoms with Crippen molar-refractivity contribution in [2.75, 3.05) is 0 Å². The van der Waals surface area contributed by atoms with E-state index in [1.165, 1.54) is 24.3 Å². The predicted octanol–water partition coefficient (Wildman–Crippen LogP) is 3.70. The molecule has 1 unspecified atom stereocenters. The maximum absolute atomic E-state index is 13.5. The SMILES string of the molecule is CC(N)c1cc(F)ccc1OCc1c(F)cccc1F. The monoisotopic (exact) mass is 281 g/mol. The summed E-state index contributed by atoms with van der Waals surface area (Å²) in [6.07, 6.45) is 0. The molecule has 0 radical (unpaired) electrons. The summed E-state index contributed by atoms with van der Waals surface area (Å²) in [5, 5.41) is 0. The van der Waals surface area contributed by atoms with Crippen LogP contribution in [0.4, 0.5) is 13.2 Å². The number of benzene rings is 2. The molecular formula is C15H14F3NO. The number of halogens is 3. The summed E-state index contributed by atoms with van der Waals surface area (Å²) in [4.78, 5) is 0. The summed E-state index contributed by atoms with van der Waals surface area (Å²) in [7, 11) is 0. The lowest BCUT2D eigenvalue weighted by Gasteiger charge is -2.14. The van der Waals surface area contributed by atoms with Crippen LogP contribution in [-0.2, 0) is 6.61 Å². The highest BCUT2D eigenvalue weighted by molar-refractivity contribution is 5.36. The van der Waals surface area contributed by atoms with Gasteiger partial charge in [-0.15, -0.1) is 0 Å². The van der Waals surface area contributed by atoms with Crippen molar-refractivity contribution in [3.05, 3.63) is 65.0 Å². The van der Waals surface area contributed by atoms with Gasteiger partial charge in [-0.1, -0.05) is 6.07 Å². The van der Waals surface area contributed by atoms with Crippen molar-refractivity contribution in [2.24, 2.45) is 5.73 Å². The molecule has 2 N–H and O–H groups in total. The first-order chi connectivity index (χ1) is 9.49. The zero-order chi connectivity index (χ0) is 14.7. The minimum atomic E-state index is -0.686. The van der Waals surface area contributed by atoms with Crippen LogP contribution in [0.25, 0.3) is 0 Å². The van der Waals surface area contributed by atoms with E-state index in [1.807, 2.05) is 0 Å². The van der Waals surface area contributed by atoms with Gasteiger partial charge in [0.2, 0.25) is 0 Å². The number of rotatable bonds is 4. The molecule has 0 heterocycles. The van der Waals surface area contributed by atoms with Gasteiger partial charge in [-0.2, -0.15) is 0 Å². The highest BCUT2D eigenvalue weighted by Gasteiger charge is 2.13. The van der Waals surface area contributed by atoms with Gasteiger partial charge in [-0.3, -0.25) is 0 Å². The lowest BCUT2D eigenvalue weighted by Crippen LogP contribution is -2.09. The fourth-order valence-electron chi connectivity index (χ4n) is 1.83. The van der Waals surface area contributed by atoms with Crippen molar-refractivity contribution in [3.63, 3.8) is 0 Å². The lowest BCUT2D eigenvalue weighted by atomic mass is 10.1. The van der Waals surface area contributed by atoms with E-state index in [1.54, 1.807) is 6.92 Å². The highest BCUT2D eigenvalue weighted by Crippen LogP contribution is 2.26. The van der Waals surface area contributed by atoms with E-state index in [0.29, 0.717) is 11.3 Å².